The van der Waals surface area contributed by atoms with Crippen LogP contribution in [-0.2, 0) is 4.74 Å². The number of benzene rings is 2. The van der Waals surface area contributed by atoms with E-state index in [0.717, 1.165) is 11.3 Å². The van der Waals surface area contributed by atoms with Gasteiger partial charge in [-0.2, -0.15) is 0 Å². The predicted molar refractivity (Wildman–Crippen MR) is 81.8 cm³/mol. The van der Waals surface area contributed by atoms with Crippen LogP contribution in [0.1, 0.15) is 26.3 Å². The minimum absolute atomic E-state index is 0.0204. The molecule has 108 valence electrons. The van der Waals surface area contributed by atoms with Gasteiger partial charge in [-0.3, -0.25) is 4.79 Å². The number of hydrogen-bond acceptors (Lipinski definition) is 4. The number of esters is 1. The van der Waals surface area contributed by atoms with Gasteiger partial charge in [0, 0.05) is 11.3 Å². The molecule has 2 rings (SSSR count). The average Bonchev–Trinajstić information content (AvgIpc) is 2.53. The molecule has 0 unspecified atom stereocenters. The second-order valence-corrected chi connectivity index (χ2v) is 4.71. The van der Waals surface area contributed by atoms with E-state index in [4.69, 9.17) is 0 Å². The monoisotopic (exact) mass is 283 g/mol. The summed E-state index contributed by atoms with van der Waals surface area (Å²) in [6.45, 7) is 2.19. The maximum Gasteiger partial charge on any atom is 0.337 e. The number of methoxy groups -OCH3 is 1. The Hall–Kier alpha value is -2.62. The van der Waals surface area contributed by atoms with Crippen molar-refractivity contribution in [3.8, 4) is 0 Å². The summed E-state index contributed by atoms with van der Waals surface area (Å²) in [5.74, 6) is -0.357. The molecule has 4 heteroatoms. The van der Waals surface area contributed by atoms with Crippen LogP contribution < -0.4 is 5.32 Å². The van der Waals surface area contributed by atoms with E-state index in [9.17, 15) is 9.59 Å². The Morgan fingerprint density at radius 2 is 1.52 bits per heavy atom. The number of anilines is 1. The summed E-state index contributed by atoms with van der Waals surface area (Å²) in [7, 11) is 1.34. The summed E-state index contributed by atoms with van der Waals surface area (Å²) in [6.07, 6.45) is 0. The Bertz CT molecular complexity index is 630. The molecule has 0 aliphatic heterocycles. The molecule has 0 saturated carbocycles. The van der Waals surface area contributed by atoms with Gasteiger partial charge in [0.25, 0.3) is 0 Å². The zero-order chi connectivity index (χ0) is 15.2. The van der Waals surface area contributed by atoms with Crippen LogP contribution in [0.4, 0.5) is 5.69 Å². The Morgan fingerprint density at radius 1 is 0.952 bits per heavy atom. The zero-order valence-electron chi connectivity index (χ0n) is 12.1. The number of ether oxygens (including phenoxy) is 1. The van der Waals surface area contributed by atoms with Crippen molar-refractivity contribution in [3.63, 3.8) is 0 Å². The Balaban J connectivity index is 1.95. The van der Waals surface area contributed by atoms with Gasteiger partial charge in [0.2, 0.25) is 0 Å². The number of nitrogens with one attached hydrogen (secondary N) is 1. The number of ketones is 1. The van der Waals surface area contributed by atoms with Gasteiger partial charge in [-0.05, 0) is 31.2 Å². The van der Waals surface area contributed by atoms with Gasteiger partial charge in [0.1, 0.15) is 0 Å². The largest absolute Gasteiger partial charge is 0.465 e. The van der Waals surface area contributed by atoms with Gasteiger partial charge < -0.3 is 10.1 Å². The lowest BCUT2D eigenvalue weighted by Crippen LogP contribution is -2.14. The smallest absolute Gasteiger partial charge is 0.337 e. The average molecular weight is 283 g/mol. The first-order valence-electron chi connectivity index (χ1n) is 6.62. The van der Waals surface area contributed by atoms with Crippen molar-refractivity contribution in [1.29, 1.82) is 0 Å². The molecule has 0 radical (unpaired) electrons. The highest BCUT2D eigenvalue weighted by Crippen LogP contribution is 2.11. The lowest BCUT2D eigenvalue weighted by atomic mass is 10.1. The second-order valence-electron chi connectivity index (χ2n) is 4.71. The molecule has 0 aromatic heterocycles. The van der Waals surface area contributed by atoms with E-state index in [2.05, 4.69) is 10.1 Å². The lowest BCUT2D eigenvalue weighted by Gasteiger charge is -2.07. The molecule has 0 atom stereocenters. The van der Waals surface area contributed by atoms with Crippen LogP contribution in [0.15, 0.2) is 48.5 Å². The molecule has 0 aliphatic carbocycles. The van der Waals surface area contributed by atoms with Crippen LogP contribution in [0, 0.1) is 6.92 Å². The fraction of sp³-hybridized carbons (Fsp3) is 0.176. The van der Waals surface area contributed by atoms with Gasteiger partial charge >= 0.3 is 5.97 Å². The van der Waals surface area contributed by atoms with Gasteiger partial charge in [-0.1, -0.05) is 29.8 Å². The predicted octanol–water partition coefficient (Wildman–Crippen LogP) is 3.08. The second kappa shape index (κ2) is 6.70. The molecule has 0 heterocycles. The van der Waals surface area contributed by atoms with Crippen molar-refractivity contribution < 1.29 is 14.3 Å². The van der Waals surface area contributed by atoms with Crippen molar-refractivity contribution in [2.75, 3.05) is 19.0 Å². The molecule has 0 aliphatic rings. The highest BCUT2D eigenvalue weighted by atomic mass is 16.5. The SMILES string of the molecule is COC(=O)c1ccc(NCC(=O)c2ccc(C)cc2)cc1. The van der Waals surface area contributed by atoms with Crippen LogP contribution in [-0.4, -0.2) is 25.4 Å². The summed E-state index contributed by atoms with van der Waals surface area (Å²) >= 11 is 0. The number of aryl methyl sites for hydroxylation is 1. The summed E-state index contributed by atoms with van der Waals surface area (Å²) in [5.41, 5.74) is 3.06. The lowest BCUT2D eigenvalue weighted by molar-refractivity contribution is 0.0600. The molecule has 2 aromatic carbocycles. The highest BCUT2D eigenvalue weighted by molar-refractivity contribution is 5.99. The van der Waals surface area contributed by atoms with Crippen molar-refractivity contribution in [1.82, 2.24) is 0 Å². The molecule has 4 nitrogen and oxygen atoms in total. The molecule has 0 amide bonds. The molecule has 0 fully saturated rings. The van der Waals surface area contributed by atoms with Gasteiger partial charge in [0.15, 0.2) is 5.78 Å². The van der Waals surface area contributed by atoms with Crippen LogP contribution in [0.3, 0.4) is 0 Å². The molecular formula is C17H17NO3. The summed E-state index contributed by atoms with van der Waals surface area (Å²) in [4.78, 5) is 23.3. The van der Waals surface area contributed by atoms with E-state index in [1.807, 2.05) is 31.2 Å². The fourth-order valence-electron chi connectivity index (χ4n) is 1.87. The first kappa shape index (κ1) is 14.8. The van der Waals surface area contributed by atoms with Crippen molar-refractivity contribution in [3.05, 3.63) is 65.2 Å². The maximum absolute atomic E-state index is 12.0. The third-order valence-electron chi connectivity index (χ3n) is 3.13. The molecule has 2 aromatic rings. The third-order valence-corrected chi connectivity index (χ3v) is 3.13. The summed E-state index contributed by atoms with van der Waals surface area (Å²) in [6, 6.07) is 14.3. The summed E-state index contributed by atoms with van der Waals surface area (Å²) in [5, 5.41) is 3.04. The molecule has 1 N–H and O–H groups in total. The third kappa shape index (κ3) is 3.92. The molecule has 0 saturated heterocycles. The number of carbonyl (C=O) groups is 2. The molecular weight excluding hydrogens is 266 g/mol. The van der Waals surface area contributed by atoms with Gasteiger partial charge in [-0.15, -0.1) is 0 Å². The topological polar surface area (TPSA) is 55.4 Å². The van der Waals surface area contributed by atoms with E-state index < -0.39 is 0 Å². The molecule has 0 bridgehead atoms. The Labute approximate surface area is 123 Å². The van der Waals surface area contributed by atoms with E-state index >= 15 is 0 Å². The van der Waals surface area contributed by atoms with Crippen LogP contribution in [0.5, 0.6) is 0 Å². The first-order chi connectivity index (χ1) is 10.1. The van der Waals surface area contributed by atoms with Crippen LogP contribution in [0.2, 0.25) is 0 Å². The van der Waals surface area contributed by atoms with Gasteiger partial charge in [-0.25, -0.2) is 4.79 Å². The van der Waals surface area contributed by atoms with Crippen molar-refractivity contribution >= 4 is 17.4 Å². The Morgan fingerprint density at radius 3 is 2.10 bits per heavy atom. The minimum atomic E-state index is -0.378. The minimum Gasteiger partial charge on any atom is -0.465 e. The van der Waals surface area contributed by atoms with Gasteiger partial charge in [0.05, 0.1) is 19.2 Å². The Kier molecular flexibility index (Phi) is 4.72. The summed E-state index contributed by atoms with van der Waals surface area (Å²) < 4.78 is 4.63. The molecule has 0 spiro atoms. The number of hydrogen-bond donors (Lipinski definition) is 1. The quantitative estimate of drug-likeness (QED) is 0.677. The standard InChI is InChI=1S/C17H17NO3/c1-12-3-5-13(6-4-12)16(19)11-18-15-9-7-14(8-10-15)17(20)21-2/h3-10,18H,11H2,1-2H3. The zero-order valence-corrected chi connectivity index (χ0v) is 12.1. The molecule has 21 heavy (non-hydrogen) atoms. The number of carbonyl (C=O) groups excluding carboxylic acids is 2. The normalized spacial score (nSPS) is 10.0. The number of rotatable bonds is 5. The first-order valence-corrected chi connectivity index (χ1v) is 6.62. The van der Waals surface area contributed by atoms with Crippen LogP contribution >= 0.6 is 0 Å². The van der Waals surface area contributed by atoms with E-state index in [0.29, 0.717) is 11.1 Å². The van der Waals surface area contributed by atoms with Crippen LogP contribution in [0.25, 0.3) is 0 Å². The number of Topliss-reactive ketones (excluding diaryl/α,β-unsaturated/α-hetero) is 1. The van der Waals surface area contributed by atoms with E-state index in [-0.39, 0.29) is 18.3 Å². The fourth-order valence-corrected chi connectivity index (χ4v) is 1.87. The van der Waals surface area contributed by atoms with E-state index in [1.165, 1.54) is 7.11 Å². The van der Waals surface area contributed by atoms with E-state index in [1.54, 1.807) is 24.3 Å². The highest BCUT2D eigenvalue weighted by Gasteiger charge is 2.07. The maximum atomic E-state index is 12.0. The van der Waals surface area contributed by atoms with Crippen molar-refractivity contribution in [2.45, 2.75) is 6.92 Å². The van der Waals surface area contributed by atoms with Crippen molar-refractivity contribution in [2.24, 2.45) is 0 Å².